The minimum Gasteiger partial charge on any atom is -0.480 e. The average molecular weight is 200 g/mol. The third-order valence-corrected chi connectivity index (χ3v) is 2.69. The topological polar surface area (TPSA) is 52.6 Å². The van der Waals surface area contributed by atoms with Crippen molar-refractivity contribution in [2.45, 2.75) is 26.8 Å². The normalized spacial score (nSPS) is 24.9. The van der Waals surface area contributed by atoms with Crippen molar-refractivity contribution in [2.24, 2.45) is 5.41 Å². The van der Waals surface area contributed by atoms with Crippen LogP contribution >= 0.6 is 0 Å². The van der Waals surface area contributed by atoms with E-state index in [0.717, 1.165) is 19.6 Å². The van der Waals surface area contributed by atoms with Gasteiger partial charge in [0, 0.05) is 25.7 Å². The third kappa shape index (κ3) is 2.96. The van der Waals surface area contributed by atoms with E-state index in [9.17, 15) is 4.79 Å². The number of nitrogens with one attached hydrogen (secondary N) is 1. The van der Waals surface area contributed by atoms with E-state index in [0.29, 0.717) is 6.04 Å². The van der Waals surface area contributed by atoms with Gasteiger partial charge in [-0.15, -0.1) is 0 Å². The fourth-order valence-corrected chi connectivity index (χ4v) is 1.96. The Morgan fingerprint density at radius 1 is 1.57 bits per heavy atom. The zero-order valence-corrected chi connectivity index (χ0v) is 9.21. The van der Waals surface area contributed by atoms with Gasteiger partial charge in [0.2, 0.25) is 0 Å². The van der Waals surface area contributed by atoms with E-state index in [1.165, 1.54) is 0 Å². The molecule has 1 saturated heterocycles. The van der Waals surface area contributed by atoms with Crippen LogP contribution in [-0.4, -0.2) is 48.2 Å². The molecular formula is C10H20N2O2. The second kappa shape index (κ2) is 4.28. The zero-order valence-electron chi connectivity index (χ0n) is 9.21. The Hall–Kier alpha value is -0.610. The van der Waals surface area contributed by atoms with E-state index in [1.807, 2.05) is 0 Å². The number of carbonyl (C=O) groups is 1. The number of piperazine rings is 1. The molecule has 2 N–H and O–H groups in total. The molecule has 1 heterocycles. The Kier molecular flexibility index (Phi) is 3.50. The fourth-order valence-electron chi connectivity index (χ4n) is 1.96. The van der Waals surface area contributed by atoms with Gasteiger partial charge in [0.15, 0.2) is 0 Å². The Bertz CT molecular complexity index is 211. The Balaban J connectivity index is 2.64. The molecule has 0 aromatic carbocycles. The van der Waals surface area contributed by atoms with Gasteiger partial charge in [-0.3, -0.25) is 9.69 Å². The van der Waals surface area contributed by atoms with Gasteiger partial charge in [0.1, 0.15) is 0 Å². The Morgan fingerprint density at radius 3 is 2.71 bits per heavy atom. The van der Waals surface area contributed by atoms with E-state index in [4.69, 9.17) is 5.11 Å². The van der Waals surface area contributed by atoms with Crippen molar-refractivity contribution < 1.29 is 9.90 Å². The summed E-state index contributed by atoms with van der Waals surface area (Å²) in [6.07, 6.45) is 0. The maximum absolute atomic E-state index is 10.7. The van der Waals surface area contributed by atoms with Crippen LogP contribution in [0.4, 0.5) is 0 Å². The first-order valence-corrected chi connectivity index (χ1v) is 5.08. The highest BCUT2D eigenvalue weighted by atomic mass is 16.4. The minimum atomic E-state index is -0.735. The van der Waals surface area contributed by atoms with Crippen LogP contribution in [0.2, 0.25) is 0 Å². The lowest BCUT2D eigenvalue weighted by Gasteiger charge is -2.42. The van der Waals surface area contributed by atoms with Crippen LogP contribution in [0.1, 0.15) is 20.8 Å². The summed E-state index contributed by atoms with van der Waals surface area (Å²) < 4.78 is 0. The molecule has 0 radical (unpaired) electrons. The largest absolute Gasteiger partial charge is 0.480 e. The van der Waals surface area contributed by atoms with Crippen LogP contribution in [0.3, 0.4) is 0 Å². The predicted molar refractivity (Wildman–Crippen MR) is 55.3 cm³/mol. The molecule has 1 rings (SSSR count). The first-order valence-electron chi connectivity index (χ1n) is 5.08. The van der Waals surface area contributed by atoms with E-state index in [1.54, 1.807) is 0 Å². The third-order valence-electron chi connectivity index (χ3n) is 2.69. The number of rotatable bonds is 2. The minimum absolute atomic E-state index is 0.128. The monoisotopic (exact) mass is 200 g/mol. The lowest BCUT2D eigenvalue weighted by atomic mass is 9.84. The van der Waals surface area contributed by atoms with Crippen molar-refractivity contribution in [3.05, 3.63) is 0 Å². The van der Waals surface area contributed by atoms with Crippen LogP contribution in [0.5, 0.6) is 0 Å². The second-order valence-corrected chi connectivity index (χ2v) is 4.95. The predicted octanol–water partition coefficient (Wildman–Crippen LogP) is 0.391. The number of hydrogen-bond acceptors (Lipinski definition) is 3. The Morgan fingerprint density at radius 2 is 2.21 bits per heavy atom. The first kappa shape index (κ1) is 11.5. The molecule has 1 fully saturated rings. The molecule has 0 aromatic heterocycles. The van der Waals surface area contributed by atoms with Gasteiger partial charge in [0.05, 0.1) is 6.54 Å². The van der Waals surface area contributed by atoms with Gasteiger partial charge in [-0.1, -0.05) is 20.8 Å². The van der Waals surface area contributed by atoms with Gasteiger partial charge in [0.25, 0.3) is 0 Å². The average Bonchev–Trinajstić information content (AvgIpc) is 2.01. The molecule has 1 aliphatic heterocycles. The van der Waals surface area contributed by atoms with Gasteiger partial charge < -0.3 is 10.4 Å². The maximum Gasteiger partial charge on any atom is 0.317 e. The molecule has 0 aliphatic carbocycles. The standard InChI is InChI=1S/C10H20N2O2/c1-10(2,3)8-6-11-4-5-12(8)7-9(13)14/h8,11H,4-7H2,1-3H3,(H,13,14). The summed E-state index contributed by atoms with van der Waals surface area (Å²) in [5.74, 6) is -0.735. The number of hydrogen-bond donors (Lipinski definition) is 2. The van der Waals surface area contributed by atoms with Gasteiger partial charge in [-0.05, 0) is 5.41 Å². The molecule has 4 nitrogen and oxygen atoms in total. The summed E-state index contributed by atoms with van der Waals surface area (Å²) in [6.45, 7) is 9.22. The van der Waals surface area contributed by atoms with Crippen LogP contribution < -0.4 is 5.32 Å². The van der Waals surface area contributed by atoms with Gasteiger partial charge in [-0.2, -0.15) is 0 Å². The van der Waals surface area contributed by atoms with Crippen molar-refractivity contribution in [2.75, 3.05) is 26.2 Å². The molecule has 14 heavy (non-hydrogen) atoms. The van der Waals surface area contributed by atoms with E-state index in [2.05, 4.69) is 31.0 Å². The molecule has 1 aliphatic rings. The van der Waals surface area contributed by atoms with Crippen molar-refractivity contribution in [1.29, 1.82) is 0 Å². The molecule has 4 heteroatoms. The lowest BCUT2D eigenvalue weighted by molar-refractivity contribution is -0.139. The van der Waals surface area contributed by atoms with Crippen LogP contribution in [-0.2, 0) is 4.79 Å². The number of aliphatic carboxylic acids is 1. The highest BCUT2D eigenvalue weighted by Gasteiger charge is 2.32. The van der Waals surface area contributed by atoms with Crippen molar-refractivity contribution in [1.82, 2.24) is 10.2 Å². The molecule has 0 amide bonds. The number of carboxylic acids is 1. The molecule has 82 valence electrons. The zero-order chi connectivity index (χ0) is 10.8. The summed E-state index contributed by atoms with van der Waals surface area (Å²) in [4.78, 5) is 12.7. The fraction of sp³-hybridized carbons (Fsp3) is 0.900. The molecule has 1 atom stereocenters. The molecule has 0 bridgehead atoms. The summed E-state index contributed by atoms with van der Waals surface area (Å²) in [5.41, 5.74) is 0.128. The molecule has 0 aromatic rings. The van der Waals surface area contributed by atoms with Crippen molar-refractivity contribution in [3.8, 4) is 0 Å². The molecule has 0 saturated carbocycles. The van der Waals surface area contributed by atoms with E-state index < -0.39 is 5.97 Å². The van der Waals surface area contributed by atoms with Gasteiger partial charge >= 0.3 is 5.97 Å². The summed E-state index contributed by atoms with van der Waals surface area (Å²) >= 11 is 0. The van der Waals surface area contributed by atoms with E-state index >= 15 is 0 Å². The highest BCUT2D eigenvalue weighted by molar-refractivity contribution is 5.69. The quantitative estimate of drug-likeness (QED) is 0.677. The molecule has 0 spiro atoms. The lowest BCUT2D eigenvalue weighted by Crippen LogP contribution is -2.57. The SMILES string of the molecule is CC(C)(C)C1CNCCN1CC(=O)O. The van der Waals surface area contributed by atoms with Crippen molar-refractivity contribution >= 4 is 5.97 Å². The first-order chi connectivity index (χ1) is 6.41. The van der Waals surface area contributed by atoms with Crippen LogP contribution in [0, 0.1) is 5.41 Å². The molecular weight excluding hydrogens is 180 g/mol. The molecule has 1 unspecified atom stereocenters. The Labute approximate surface area is 85.3 Å². The second-order valence-electron chi connectivity index (χ2n) is 4.95. The smallest absolute Gasteiger partial charge is 0.317 e. The summed E-state index contributed by atoms with van der Waals surface area (Å²) in [6, 6.07) is 0.312. The summed E-state index contributed by atoms with van der Waals surface area (Å²) in [5, 5.41) is 12.1. The highest BCUT2D eigenvalue weighted by Crippen LogP contribution is 2.24. The van der Waals surface area contributed by atoms with Crippen molar-refractivity contribution in [3.63, 3.8) is 0 Å². The number of carboxylic acid groups (broad SMARTS) is 1. The van der Waals surface area contributed by atoms with E-state index in [-0.39, 0.29) is 12.0 Å². The van der Waals surface area contributed by atoms with Crippen LogP contribution in [0.25, 0.3) is 0 Å². The van der Waals surface area contributed by atoms with Gasteiger partial charge in [-0.25, -0.2) is 0 Å². The maximum atomic E-state index is 10.7. The van der Waals surface area contributed by atoms with Crippen LogP contribution in [0.15, 0.2) is 0 Å². The number of nitrogens with zero attached hydrogens (tertiary/aromatic N) is 1. The summed E-state index contributed by atoms with van der Waals surface area (Å²) in [7, 11) is 0.